The average Bonchev–Trinajstić information content (AvgIpc) is 2.35. The molecular formula is C10H14N4O3. The molecule has 0 radical (unpaired) electrons. The SMILES string of the molecule is CCN(C)C(=O)c1cc(NC)ncc1[N+](=O)[O-]. The van der Waals surface area contributed by atoms with Crippen LogP contribution in [0.5, 0.6) is 0 Å². The van der Waals surface area contributed by atoms with E-state index in [9.17, 15) is 14.9 Å². The number of pyridine rings is 1. The van der Waals surface area contributed by atoms with Crippen LogP contribution in [0, 0.1) is 10.1 Å². The van der Waals surface area contributed by atoms with Crippen LogP contribution < -0.4 is 5.32 Å². The van der Waals surface area contributed by atoms with Crippen LogP contribution in [-0.2, 0) is 0 Å². The van der Waals surface area contributed by atoms with Gasteiger partial charge in [-0.2, -0.15) is 0 Å². The highest BCUT2D eigenvalue weighted by Gasteiger charge is 2.23. The Labute approximate surface area is 98.6 Å². The van der Waals surface area contributed by atoms with E-state index in [1.54, 1.807) is 21.0 Å². The number of nitrogens with zero attached hydrogens (tertiary/aromatic N) is 3. The van der Waals surface area contributed by atoms with Gasteiger partial charge in [0, 0.05) is 26.7 Å². The van der Waals surface area contributed by atoms with Gasteiger partial charge in [-0.15, -0.1) is 0 Å². The second-order valence-corrected chi connectivity index (χ2v) is 3.41. The van der Waals surface area contributed by atoms with Gasteiger partial charge in [0.25, 0.3) is 11.6 Å². The number of hydrogen-bond donors (Lipinski definition) is 1. The lowest BCUT2D eigenvalue weighted by Gasteiger charge is -2.14. The molecule has 92 valence electrons. The predicted molar refractivity (Wildman–Crippen MR) is 63.1 cm³/mol. The van der Waals surface area contributed by atoms with Crippen LogP contribution in [0.25, 0.3) is 0 Å². The summed E-state index contributed by atoms with van der Waals surface area (Å²) in [6.45, 7) is 2.27. The molecule has 1 aromatic heterocycles. The summed E-state index contributed by atoms with van der Waals surface area (Å²) in [7, 11) is 3.22. The first kappa shape index (κ1) is 12.9. The minimum absolute atomic E-state index is 0.0405. The number of carbonyl (C=O) groups excluding carboxylic acids is 1. The van der Waals surface area contributed by atoms with Crippen LogP contribution in [0.1, 0.15) is 17.3 Å². The normalized spacial score (nSPS) is 9.82. The zero-order valence-electron chi connectivity index (χ0n) is 9.93. The van der Waals surface area contributed by atoms with E-state index in [1.807, 2.05) is 0 Å². The van der Waals surface area contributed by atoms with Crippen molar-refractivity contribution < 1.29 is 9.72 Å². The van der Waals surface area contributed by atoms with Crippen molar-refractivity contribution in [2.75, 3.05) is 26.0 Å². The molecule has 0 aromatic carbocycles. The van der Waals surface area contributed by atoms with Crippen molar-refractivity contribution in [3.05, 3.63) is 27.9 Å². The maximum Gasteiger partial charge on any atom is 0.300 e. The first-order chi connectivity index (χ1) is 8.01. The molecule has 1 N–H and O–H groups in total. The van der Waals surface area contributed by atoms with Crippen molar-refractivity contribution in [2.24, 2.45) is 0 Å². The van der Waals surface area contributed by atoms with Crippen molar-refractivity contribution >= 4 is 17.4 Å². The smallest absolute Gasteiger partial charge is 0.300 e. The van der Waals surface area contributed by atoms with Crippen molar-refractivity contribution in [1.82, 2.24) is 9.88 Å². The number of aromatic nitrogens is 1. The second kappa shape index (κ2) is 5.24. The van der Waals surface area contributed by atoms with Gasteiger partial charge in [0.1, 0.15) is 17.6 Å². The van der Waals surface area contributed by atoms with E-state index < -0.39 is 10.8 Å². The summed E-state index contributed by atoms with van der Waals surface area (Å²) in [6, 6.07) is 1.38. The Morgan fingerprint density at radius 1 is 1.65 bits per heavy atom. The molecule has 0 saturated heterocycles. The Hall–Kier alpha value is -2.18. The molecular weight excluding hydrogens is 224 g/mol. The van der Waals surface area contributed by atoms with Crippen LogP contribution >= 0.6 is 0 Å². The molecule has 0 atom stereocenters. The van der Waals surface area contributed by atoms with E-state index in [0.717, 1.165) is 6.20 Å². The largest absolute Gasteiger partial charge is 0.373 e. The van der Waals surface area contributed by atoms with Gasteiger partial charge in [-0.05, 0) is 6.92 Å². The van der Waals surface area contributed by atoms with E-state index in [4.69, 9.17) is 0 Å². The van der Waals surface area contributed by atoms with Crippen LogP contribution in [-0.4, -0.2) is 41.4 Å². The highest BCUT2D eigenvalue weighted by molar-refractivity contribution is 5.98. The van der Waals surface area contributed by atoms with Crippen LogP contribution in [0.3, 0.4) is 0 Å². The average molecular weight is 238 g/mol. The summed E-state index contributed by atoms with van der Waals surface area (Å²) in [4.78, 5) is 27.4. The highest BCUT2D eigenvalue weighted by Crippen LogP contribution is 2.21. The van der Waals surface area contributed by atoms with Crippen LogP contribution in [0.15, 0.2) is 12.3 Å². The van der Waals surface area contributed by atoms with Gasteiger partial charge in [-0.3, -0.25) is 14.9 Å². The van der Waals surface area contributed by atoms with Crippen molar-refractivity contribution in [3.8, 4) is 0 Å². The summed E-state index contributed by atoms with van der Waals surface area (Å²) >= 11 is 0. The number of nitrogens with one attached hydrogen (secondary N) is 1. The van der Waals surface area contributed by atoms with Gasteiger partial charge in [0.2, 0.25) is 0 Å². The number of rotatable bonds is 4. The number of anilines is 1. The van der Waals surface area contributed by atoms with Gasteiger partial charge >= 0.3 is 0 Å². The Morgan fingerprint density at radius 3 is 2.76 bits per heavy atom. The van der Waals surface area contributed by atoms with Crippen LogP contribution in [0.2, 0.25) is 0 Å². The van der Waals surface area contributed by atoms with Gasteiger partial charge in [-0.1, -0.05) is 0 Å². The van der Waals surface area contributed by atoms with Gasteiger partial charge in [0.05, 0.1) is 4.92 Å². The zero-order chi connectivity index (χ0) is 13.0. The molecule has 1 aromatic rings. The molecule has 0 unspecified atom stereocenters. The lowest BCUT2D eigenvalue weighted by molar-refractivity contribution is -0.385. The first-order valence-corrected chi connectivity index (χ1v) is 5.08. The minimum atomic E-state index is -0.608. The monoisotopic (exact) mass is 238 g/mol. The minimum Gasteiger partial charge on any atom is -0.373 e. The third-order valence-electron chi connectivity index (χ3n) is 2.39. The molecule has 1 heterocycles. The molecule has 0 aliphatic heterocycles. The highest BCUT2D eigenvalue weighted by atomic mass is 16.6. The number of hydrogen-bond acceptors (Lipinski definition) is 5. The fourth-order valence-corrected chi connectivity index (χ4v) is 1.25. The van der Waals surface area contributed by atoms with E-state index in [0.29, 0.717) is 12.4 Å². The number of amides is 1. The number of nitro groups is 1. The predicted octanol–water partition coefficient (Wildman–Crippen LogP) is 1.12. The maximum absolute atomic E-state index is 11.9. The molecule has 1 rings (SSSR count). The lowest BCUT2D eigenvalue weighted by Crippen LogP contribution is -2.27. The van der Waals surface area contributed by atoms with Crippen molar-refractivity contribution in [3.63, 3.8) is 0 Å². The molecule has 0 saturated carbocycles. The van der Waals surface area contributed by atoms with Crippen molar-refractivity contribution in [1.29, 1.82) is 0 Å². The van der Waals surface area contributed by atoms with Gasteiger partial charge in [0.15, 0.2) is 0 Å². The van der Waals surface area contributed by atoms with E-state index in [-0.39, 0.29) is 11.3 Å². The van der Waals surface area contributed by atoms with Crippen molar-refractivity contribution in [2.45, 2.75) is 6.92 Å². The Bertz CT molecular complexity index is 447. The summed E-state index contributed by atoms with van der Waals surface area (Å²) in [5.74, 6) is 0.0292. The Balaban J connectivity index is 3.26. The molecule has 1 amide bonds. The molecule has 0 spiro atoms. The third-order valence-corrected chi connectivity index (χ3v) is 2.39. The van der Waals surface area contributed by atoms with Crippen LogP contribution in [0.4, 0.5) is 11.5 Å². The van der Waals surface area contributed by atoms with E-state index >= 15 is 0 Å². The molecule has 0 aliphatic carbocycles. The maximum atomic E-state index is 11.9. The molecule has 7 heteroatoms. The molecule has 17 heavy (non-hydrogen) atoms. The molecule has 0 aliphatic rings. The molecule has 7 nitrogen and oxygen atoms in total. The fraction of sp³-hybridized carbons (Fsp3) is 0.400. The summed E-state index contributed by atoms with van der Waals surface area (Å²) in [5, 5.41) is 13.6. The second-order valence-electron chi connectivity index (χ2n) is 3.41. The summed E-state index contributed by atoms with van der Waals surface area (Å²) in [5.41, 5.74) is -0.243. The first-order valence-electron chi connectivity index (χ1n) is 5.08. The Kier molecular flexibility index (Phi) is 3.97. The summed E-state index contributed by atoms with van der Waals surface area (Å²) < 4.78 is 0. The summed E-state index contributed by atoms with van der Waals surface area (Å²) in [6.07, 6.45) is 1.09. The van der Waals surface area contributed by atoms with Gasteiger partial charge in [-0.25, -0.2) is 4.98 Å². The van der Waals surface area contributed by atoms with E-state index in [1.165, 1.54) is 11.0 Å². The lowest BCUT2D eigenvalue weighted by atomic mass is 10.2. The molecule has 0 bridgehead atoms. The topological polar surface area (TPSA) is 88.4 Å². The standard InChI is InChI=1S/C10H14N4O3/c1-4-13(3)10(15)7-5-9(11-2)12-6-8(7)14(16)17/h5-6H,4H2,1-3H3,(H,11,12). The zero-order valence-corrected chi connectivity index (χ0v) is 9.93. The number of carbonyl (C=O) groups is 1. The van der Waals surface area contributed by atoms with E-state index in [2.05, 4.69) is 10.3 Å². The van der Waals surface area contributed by atoms with Gasteiger partial charge < -0.3 is 10.2 Å². The quantitative estimate of drug-likeness (QED) is 0.627. The fourth-order valence-electron chi connectivity index (χ4n) is 1.25. The molecule has 0 fully saturated rings. The third kappa shape index (κ3) is 2.68. The Morgan fingerprint density at radius 2 is 2.29 bits per heavy atom.